The predicted octanol–water partition coefficient (Wildman–Crippen LogP) is 3.84. The van der Waals surface area contributed by atoms with Crippen LogP contribution in [-0.4, -0.2) is 23.9 Å². The minimum atomic E-state index is 0.170. The number of rotatable bonds is 2. The van der Waals surface area contributed by atoms with Crippen molar-refractivity contribution >= 4 is 21.8 Å². The second-order valence-electron chi connectivity index (χ2n) is 5.83. The number of carbonyl (C=O) groups is 1. The molecule has 0 spiro atoms. The molecule has 98 valence electrons. The maximum Gasteiger partial charge on any atom is 0.253 e. The van der Waals surface area contributed by atoms with E-state index >= 15 is 0 Å². The second kappa shape index (κ2) is 5.43. The number of hydrogen-bond acceptors (Lipinski definition) is 1. The summed E-state index contributed by atoms with van der Waals surface area (Å²) in [6.45, 7) is 6.23. The largest absolute Gasteiger partial charge is 0.338 e. The van der Waals surface area contributed by atoms with Gasteiger partial charge in [0.15, 0.2) is 0 Å². The Morgan fingerprint density at radius 2 is 2.00 bits per heavy atom. The van der Waals surface area contributed by atoms with Crippen LogP contribution in [0.15, 0.2) is 24.3 Å². The molecule has 0 saturated carbocycles. The Morgan fingerprint density at radius 3 is 2.56 bits per heavy atom. The summed E-state index contributed by atoms with van der Waals surface area (Å²) < 4.78 is 0. The molecule has 1 aromatic rings. The van der Waals surface area contributed by atoms with Crippen LogP contribution < -0.4 is 0 Å². The lowest BCUT2D eigenvalue weighted by Crippen LogP contribution is -2.43. The van der Waals surface area contributed by atoms with Gasteiger partial charge in [0.05, 0.1) is 0 Å². The zero-order valence-corrected chi connectivity index (χ0v) is 12.7. The highest BCUT2D eigenvalue weighted by Crippen LogP contribution is 2.29. The molecule has 0 atom stereocenters. The first-order chi connectivity index (χ1) is 8.52. The van der Waals surface area contributed by atoms with Gasteiger partial charge in [0.25, 0.3) is 5.91 Å². The smallest absolute Gasteiger partial charge is 0.253 e. The Bertz CT molecular complexity index is 425. The van der Waals surface area contributed by atoms with E-state index in [-0.39, 0.29) is 11.3 Å². The highest BCUT2D eigenvalue weighted by atomic mass is 79.9. The van der Waals surface area contributed by atoms with Crippen LogP contribution in [0, 0.1) is 5.41 Å². The fourth-order valence-corrected chi connectivity index (χ4v) is 2.89. The van der Waals surface area contributed by atoms with Crippen LogP contribution in [0.3, 0.4) is 0 Å². The number of nitrogens with zero attached hydrogens (tertiary/aromatic N) is 1. The number of alkyl halides is 1. The van der Waals surface area contributed by atoms with Crippen LogP contribution in [0.4, 0.5) is 0 Å². The molecule has 0 unspecified atom stereocenters. The number of likely N-dealkylation sites (tertiary alicyclic amines) is 1. The van der Waals surface area contributed by atoms with Gasteiger partial charge in [0.1, 0.15) is 0 Å². The topological polar surface area (TPSA) is 20.3 Å². The Balaban J connectivity index is 2.10. The standard InChI is InChI=1S/C15H20BrNO/c1-15(2)8-3-9-17(11-15)14(18)13-6-4-12(10-16)5-7-13/h4-7H,3,8-11H2,1-2H3. The third-order valence-corrected chi connectivity index (χ3v) is 4.19. The maximum absolute atomic E-state index is 12.4. The van der Waals surface area contributed by atoms with E-state index in [1.54, 1.807) is 0 Å². The van der Waals surface area contributed by atoms with Gasteiger partial charge in [0.2, 0.25) is 0 Å². The number of piperidine rings is 1. The summed E-state index contributed by atoms with van der Waals surface area (Å²) in [5.74, 6) is 0.170. The van der Waals surface area contributed by atoms with Gasteiger partial charge in [-0.05, 0) is 36.0 Å². The lowest BCUT2D eigenvalue weighted by Gasteiger charge is -2.38. The van der Waals surface area contributed by atoms with Crippen LogP contribution in [0.5, 0.6) is 0 Å². The zero-order valence-electron chi connectivity index (χ0n) is 11.1. The summed E-state index contributed by atoms with van der Waals surface area (Å²) in [7, 11) is 0. The first-order valence-corrected chi connectivity index (χ1v) is 7.58. The lowest BCUT2D eigenvalue weighted by molar-refractivity contribution is 0.0583. The van der Waals surface area contributed by atoms with Gasteiger partial charge in [-0.2, -0.15) is 0 Å². The van der Waals surface area contributed by atoms with E-state index < -0.39 is 0 Å². The summed E-state index contributed by atoms with van der Waals surface area (Å²) >= 11 is 3.42. The van der Waals surface area contributed by atoms with Crippen LogP contribution in [0.2, 0.25) is 0 Å². The van der Waals surface area contributed by atoms with Crippen LogP contribution in [0.1, 0.15) is 42.6 Å². The van der Waals surface area contributed by atoms with Gasteiger partial charge >= 0.3 is 0 Å². The number of benzene rings is 1. The second-order valence-corrected chi connectivity index (χ2v) is 6.39. The van der Waals surface area contributed by atoms with Crippen molar-refractivity contribution in [2.45, 2.75) is 32.0 Å². The summed E-state index contributed by atoms with van der Waals surface area (Å²) in [4.78, 5) is 14.4. The highest BCUT2D eigenvalue weighted by molar-refractivity contribution is 9.08. The molecule has 1 fully saturated rings. The third kappa shape index (κ3) is 3.14. The van der Waals surface area contributed by atoms with E-state index in [1.165, 1.54) is 12.0 Å². The summed E-state index contributed by atoms with van der Waals surface area (Å²) in [6.07, 6.45) is 2.32. The molecule has 18 heavy (non-hydrogen) atoms. The molecule has 0 aromatic heterocycles. The molecule has 1 aliphatic rings. The molecular formula is C15H20BrNO. The van der Waals surface area contributed by atoms with Crippen molar-refractivity contribution in [3.05, 3.63) is 35.4 Å². The fraction of sp³-hybridized carbons (Fsp3) is 0.533. The molecule has 3 heteroatoms. The number of amides is 1. The quantitative estimate of drug-likeness (QED) is 0.760. The summed E-state index contributed by atoms with van der Waals surface area (Å²) in [5, 5.41) is 0.832. The normalized spacial score (nSPS) is 18.7. The van der Waals surface area contributed by atoms with Crippen molar-refractivity contribution in [1.82, 2.24) is 4.90 Å². The molecule has 1 heterocycles. The average Bonchev–Trinajstić information content (AvgIpc) is 2.37. The van der Waals surface area contributed by atoms with Gasteiger partial charge in [0, 0.05) is 24.0 Å². The van der Waals surface area contributed by atoms with Crippen molar-refractivity contribution in [2.75, 3.05) is 13.1 Å². The van der Waals surface area contributed by atoms with Crippen LogP contribution in [0.25, 0.3) is 0 Å². The van der Waals surface area contributed by atoms with Crippen LogP contribution in [-0.2, 0) is 5.33 Å². The molecular weight excluding hydrogens is 290 g/mol. The Kier molecular flexibility index (Phi) is 4.10. The minimum Gasteiger partial charge on any atom is -0.338 e. The van der Waals surface area contributed by atoms with E-state index in [4.69, 9.17) is 0 Å². The lowest BCUT2D eigenvalue weighted by atomic mass is 9.84. The van der Waals surface area contributed by atoms with Crippen molar-refractivity contribution in [3.8, 4) is 0 Å². The summed E-state index contributed by atoms with van der Waals surface area (Å²) in [6, 6.07) is 7.88. The predicted molar refractivity (Wildman–Crippen MR) is 78.0 cm³/mol. The average molecular weight is 310 g/mol. The molecule has 2 rings (SSSR count). The number of hydrogen-bond donors (Lipinski definition) is 0. The molecule has 1 aromatic carbocycles. The van der Waals surface area contributed by atoms with Gasteiger partial charge in [-0.25, -0.2) is 0 Å². The van der Waals surface area contributed by atoms with Crippen molar-refractivity contribution in [2.24, 2.45) is 5.41 Å². The Morgan fingerprint density at radius 1 is 1.33 bits per heavy atom. The van der Waals surface area contributed by atoms with Crippen molar-refractivity contribution < 1.29 is 4.79 Å². The molecule has 0 N–H and O–H groups in total. The SMILES string of the molecule is CC1(C)CCCN(C(=O)c2ccc(CBr)cc2)C1. The van der Waals surface area contributed by atoms with Gasteiger partial charge in [-0.3, -0.25) is 4.79 Å². The van der Waals surface area contributed by atoms with E-state index in [2.05, 4.69) is 29.8 Å². The van der Waals surface area contributed by atoms with Crippen LogP contribution >= 0.6 is 15.9 Å². The fourth-order valence-electron chi connectivity index (χ4n) is 2.52. The van der Waals surface area contributed by atoms with Crippen molar-refractivity contribution in [1.29, 1.82) is 0 Å². The van der Waals surface area contributed by atoms with E-state index in [1.807, 2.05) is 29.2 Å². The number of halogens is 1. The minimum absolute atomic E-state index is 0.170. The Labute approximate surface area is 117 Å². The van der Waals surface area contributed by atoms with Crippen molar-refractivity contribution in [3.63, 3.8) is 0 Å². The zero-order chi connectivity index (χ0) is 13.2. The summed E-state index contributed by atoms with van der Waals surface area (Å²) in [5.41, 5.74) is 2.26. The molecule has 0 radical (unpaired) electrons. The highest BCUT2D eigenvalue weighted by Gasteiger charge is 2.29. The molecule has 0 bridgehead atoms. The molecule has 1 amide bonds. The monoisotopic (exact) mass is 309 g/mol. The third-order valence-electron chi connectivity index (χ3n) is 3.54. The number of carbonyl (C=O) groups excluding carboxylic acids is 1. The molecule has 2 nitrogen and oxygen atoms in total. The Hall–Kier alpha value is -0.830. The van der Waals surface area contributed by atoms with E-state index in [0.717, 1.165) is 30.4 Å². The molecule has 1 saturated heterocycles. The maximum atomic E-state index is 12.4. The van der Waals surface area contributed by atoms with E-state index in [9.17, 15) is 4.79 Å². The van der Waals surface area contributed by atoms with Gasteiger partial charge in [-0.1, -0.05) is 41.9 Å². The van der Waals surface area contributed by atoms with E-state index in [0.29, 0.717) is 0 Å². The van der Waals surface area contributed by atoms with Gasteiger partial charge < -0.3 is 4.90 Å². The molecule has 1 aliphatic heterocycles. The first kappa shape index (κ1) is 13.6. The van der Waals surface area contributed by atoms with Gasteiger partial charge in [-0.15, -0.1) is 0 Å². The first-order valence-electron chi connectivity index (χ1n) is 6.46. The molecule has 0 aliphatic carbocycles.